The molecule has 6 heteroatoms. The van der Waals surface area contributed by atoms with Crippen LogP contribution in [0, 0.1) is 0 Å². The summed E-state index contributed by atoms with van der Waals surface area (Å²) in [6.07, 6.45) is 3.12. The van der Waals surface area contributed by atoms with Crippen LogP contribution in [0.15, 0.2) is 46.9 Å². The molecule has 1 amide bonds. The van der Waals surface area contributed by atoms with E-state index in [9.17, 15) is 4.79 Å². The fraction of sp³-hybridized carbons (Fsp3) is 0. The Hall–Kier alpha value is -1.000. The van der Waals surface area contributed by atoms with Gasteiger partial charge in [0.1, 0.15) is 0 Å². The Morgan fingerprint density at radius 2 is 1.62 bits per heavy atom. The van der Waals surface area contributed by atoms with E-state index in [0.717, 1.165) is 10.0 Å². The molecule has 2 aromatic rings. The highest BCUT2D eigenvalue weighted by Crippen LogP contribution is 2.32. The molecule has 0 unspecified atom stereocenters. The molecule has 0 fully saturated rings. The van der Waals surface area contributed by atoms with Crippen LogP contribution in [0.4, 0.5) is 5.69 Å². The van der Waals surface area contributed by atoms with Gasteiger partial charge in [-0.25, -0.2) is 0 Å². The molecule has 0 saturated heterocycles. The number of halogens is 4. The molecule has 0 heterocycles. The summed E-state index contributed by atoms with van der Waals surface area (Å²) in [5.74, 6) is -0.307. The summed E-state index contributed by atoms with van der Waals surface area (Å²) < 4.78 is 0.978. The predicted octanol–water partition coefficient (Wildman–Crippen LogP) is 6.06. The molecule has 0 aliphatic rings. The average molecular weight is 406 g/mol. The van der Waals surface area contributed by atoms with Gasteiger partial charge in [0.2, 0.25) is 5.91 Å². The van der Waals surface area contributed by atoms with Crippen LogP contribution >= 0.6 is 50.7 Å². The van der Waals surface area contributed by atoms with E-state index in [-0.39, 0.29) is 5.91 Å². The van der Waals surface area contributed by atoms with Gasteiger partial charge in [-0.1, -0.05) is 62.9 Å². The lowest BCUT2D eigenvalue weighted by molar-refractivity contribution is -0.111. The van der Waals surface area contributed by atoms with Crippen LogP contribution in [-0.4, -0.2) is 5.91 Å². The molecule has 2 nitrogen and oxygen atoms in total. The number of amides is 1. The van der Waals surface area contributed by atoms with Crippen molar-refractivity contribution in [3.8, 4) is 0 Å². The minimum absolute atomic E-state index is 0.307. The molecule has 0 atom stereocenters. The van der Waals surface area contributed by atoms with Crippen molar-refractivity contribution in [2.24, 2.45) is 0 Å². The van der Waals surface area contributed by atoms with Crippen molar-refractivity contribution >= 4 is 68.4 Å². The maximum atomic E-state index is 11.9. The molecule has 0 spiro atoms. The minimum Gasteiger partial charge on any atom is -0.321 e. The molecule has 0 aliphatic heterocycles. The Bertz CT molecular complexity index is 699. The molecule has 2 aromatic carbocycles. The highest BCUT2D eigenvalue weighted by atomic mass is 79.9. The van der Waals surface area contributed by atoms with Crippen molar-refractivity contribution in [3.05, 3.63) is 67.6 Å². The Balaban J connectivity index is 2.08. The lowest BCUT2D eigenvalue weighted by atomic mass is 10.2. The van der Waals surface area contributed by atoms with Gasteiger partial charge in [0.15, 0.2) is 0 Å². The van der Waals surface area contributed by atoms with Crippen LogP contribution in [0.25, 0.3) is 6.08 Å². The normalized spacial score (nSPS) is 10.9. The second-order valence-corrected chi connectivity index (χ2v) is 6.26. The Morgan fingerprint density at radius 3 is 2.29 bits per heavy atom. The first-order valence-corrected chi connectivity index (χ1v) is 7.77. The van der Waals surface area contributed by atoms with Gasteiger partial charge in [0, 0.05) is 10.5 Å². The fourth-order valence-electron chi connectivity index (χ4n) is 1.54. The first-order valence-electron chi connectivity index (χ1n) is 5.85. The van der Waals surface area contributed by atoms with Gasteiger partial charge < -0.3 is 5.32 Å². The number of carbonyl (C=O) groups is 1. The van der Waals surface area contributed by atoms with Gasteiger partial charge in [0.25, 0.3) is 0 Å². The van der Waals surface area contributed by atoms with Crippen LogP contribution in [0.3, 0.4) is 0 Å². The molecular weight excluding hydrogens is 396 g/mol. The van der Waals surface area contributed by atoms with Crippen LogP contribution in [-0.2, 0) is 4.79 Å². The average Bonchev–Trinajstić information content (AvgIpc) is 2.44. The maximum absolute atomic E-state index is 11.9. The smallest absolute Gasteiger partial charge is 0.248 e. The Kier molecular flexibility index (Phi) is 5.71. The summed E-state index contributed by atoms with van der Waals surface area (Å²) in [4.78, 5) is 11.9. The van der Waals surface area contributed by atoms with E-state index in [1.165, 1.54) is 18.2 Å². The molecule has 0 saturated carbocycles. The number of rotatable bonds is 3. The van der Waals surface area contributed by atoms with Crippen molar-refractivity contribution < 1.29 is 4.79 Å². The number of hydrogen-bond acceptors (Lipinski definition) is 1. The van der Waals surface area contributed by atoms with E-state index in [1.807, 2.05) is 24.3 Å². The largest absolute Gasteiger partial charge is 0.321 e. The van der Waals surface area contributed by atoms with E-state index in [0.29, 0.717) is 20.8 Å². The van der Waals surface area contributed by atoms with E-state index in [2.05, 4.69) is 21.2 Å². The van der Waals surface area contributed by atoms with Gasteiger partial charge in [0.05, 0.1) is 20.8 Å². The first-order chi connectivity index (χ1) is 9.95. The molecule has 2 rings (SSSR count). The van der Waals surface area contributed by atoms with Gasteiger partial charge in [-0.3, -0.25) is 4.79 Å². The quantitative estimate of drug-likeness (QED) is 0.488. The fourth-order valence-corrected chi connectivity index (χ4v) is 2.40. The van der Waals surface area contributed by atoms with E-state index in [4.69, 9.17) is 34.8 Å². The highest BCUT2D eigenvalue weighted by molar-refractivity contribution is 9.10. The van der Waals surface area contributed by atoms with Crippen LogP contribution in [0.5, 0.6) is 0 Å². The summed E-state index contributed by atoms with van der Waals surface area (Å²) >= 11 is 21.1. The van der Waals surface area contributed by atoms with E-state index >= 15 is 0 Å². The standard InChI is InChI=1S/C15H9BrCl3NO/c16-10-4-1-9(2-5-10)3-6-15(21)20-14-8-12(18)11(17)7-13(14)19/h1-8H,(H,20,21)/b6-3+. The topological polar surface area (TPSA) is 29.1 Å². The zero-order valence-corrected chi connectivity index (χ0v) is 14.4. The van der Waals surface area contributed by atoms with Crippen LogP contribution in [0.2, 0.25) is 15.1 Å². The second kappa shape index (κ2) is 7.32. The van der Waals surface area contributed by atoms with Gasteiger partial charge >= 0.3 is 0 Å². The number of anilines is 1. The van der Waals surface area contributed by atoms with Gasteiger partial charge in [-0.2, -0.15) is 0 Å². The van der Waals surface area contributed by atoms with E-state index < -0.39 is 0 Å². The molecule has 0 aromatic heterocycles. The van der Waals surface area contributed by atoms with Crippen LogP contribution < -0.4 is 5.32 Å². The number of hydrogen-bond donors (Lipinski definition) is 1. The lowest BCUT2D eigenvalue weighted by Crippen LogP contribution is -2.08. The third kappa shape index (κ3) is 4.75. The van der Waals surface area contributed by atoms with Crippen LogP contribution in [0.1, 0.15) is 5.56 Å². The lowest BCUT2D eigenvalue weighted by Gasteiger charge is -2.06. The van der Waals surface area contributed by atoms with Gasteiger partial charge in [-0.15, -0.1) is 0 Å². The number of carbonyl (C=O) groups excluding carboxylic acids is 1. The Morgan fingerprint density at radius 1 is 1.00 bits per heavy atom. The molecule has 0 radical (unpaired) electrons. The van der Waals surface area contributed by atoms with Crippen molar-refractivity contribution in [1.82, 2.24) is 0 Å². The molecule has 0 aliphatic carbocycles. The van der Waals surface area contributed by atoms with Gasteiger partial charge in [-0.05, 0) is 35.9 Å². The number of benzene rings is 2. The van der Waals surface area contributed by atoms with E-state index in [1.54, 1.807) is 6.08 Å². The SMILES string of the molecule is O=C(/C=C/c1ccc(Br)cc1)Nc1cc(Cl)c(Cl)cc1Cl. The maximum Gasteiger partial charge on any atom is 0.248 e. The molecule has 0 bridgehead atoms. The van der Waals surface area contributed by atoms with Crippen molar-refractivity contribution in [2.75, 3.05) is 5.32 Å². The summed E-state index contributed by atoms with van der Waals surface area (Å²) in [5.41, 5.74) is 1.32. The third-order valence-corrected chi connectivity index (χ3v) is 4.13. The third-order valence-electron chi connectivity index (χ3n) is 2.56. The van der Waals surface area contributed by atoms with Crippen molar-refractivity contribution in [1.29, 1.82) is 0 Å². The molecular formula is C15H9BrCl3NO. The first kappa shape index (κ1) is 16.4. The zero-order chi connectivity index (χ0) is 15.4. The number of nitrogens with one attached hydrogen (secondary N) is 1. The molecule has 21 heavy (non-hydrogen) atoms. The molecule has 108 valence electrons. The predicted molar refractivity (Wildman–Crippen MR) is 93.3 cm³/mol. The molecule has 1 N–H and O–H groups in total. The summed E-state index contributed by atoms with van der Waals surface area (Å²) in [6.45, 7) is 0. The summed E-state index contributed by atoms with van der Waals surface area (Å²) in [7, 11) is 0. The monoisotopic (exact) mass is 403 g/mol. The highest BCUT2D eigenvalue weighted by Gasteiger charge is 2.07. The Labute approximate surface area is 145 Å². The summed E-state index contributed by atoms with van der Waals surface area (Å²) in [5, 5.41) is 3.64. The van der Waals surface area contributed by atoms with Crippen molar-refractivity contribution in [2.45, 2.75) is 0 Å². The summed E-state index contributed by atoms with van der Waals surface area (Å²) in [6, 6.07) is 10.6. The minimum atomic E-state index is -0.307. The van der Waals surface area contributed by atoms with Crippen molar-refractivity contribution in [3.63, 3.8) is 0 Å². The second-order valence-electron chi connectivity index (χ2n) is 4.12. The zero-order valence-electron chi connectivity index (χ0n) is 10.5.